The molecule has 1 heterocycles. The maximum absolute atomic E-state index is 10.1. The van der Waals surface area contributed by atoms with Gasteiger partial charge in [-0.3, -0.25) is 4.79 Å². The molecule has 86 valence electrons. The minimum atomic E-state index is 0.703. The van der Waals surface area contributed by atoms with Crippen LogP contribution in [0.15, 0.2) is 36.4 Å². The lowest BCUT2D eigenvalue weighted by Gasteiger charge is -2.03. The summed E-state index contributed by atoms with van der Waals surface area (Å²) in [5.74, 6) is 0. The van der Waals surface area contributed by atoms with Crippen molar-refractivity contribution in [3.05, 3.63) is 42.0 Å². The highest BCUT2D eigenvalue weighted by Gasteiger charge is 1.95. The molecule has 0 spiro atoms. The largest absolute Gasteiger partial charge is 0.328 e. The first-order chi connectivity index (χ1) is 7.88. The second kappa shape index (κ2) is 7.65. The SMILES string of the molecule is C1=CCNC1.CCc1ccccc1NC=O. The monoisotopic (exact) mass is 218 g/mol. The number of amides is 1. The van der Waals surface area contributed by atoms with E-state index in [-0.39, 0.29) is 0 Å². The Bertz CT molecular complexity index is 342. The Balaban J connectivity index is 0.000000212. The van der Waals surface area contributed by atoms with Gasteiger partial charge in [-0.05, 0) is 18.1 Å². The van der Waals surface area contributed by atoms with Crippen molar-refractivity contribution in [1.29, 1.82) is 0 Å². The molecule has 1 amide bonds. The first-order valence-electron chi connectivity index (χ1n) is 5.52. The summed E-state index contributed by atoms with van der Waals surface area (Å²) in [4.78, 5) is 10.1. The highest BCUT2D eigenvalue weighted by molar-refractivity contribution is 5.73. The van der Waals surface area contributed by atoms with Gasteiger partial charge in [-0.25, -0.2) is 0 Å². The second-order valence-electron chi connectivity index (χ2n) is 3.40. The van der Waals surface area contributed by atoms with Crippen molar-refractivity contribution in [3.8, 4) is 0 Å². The Labute approximate surface area is 96.6 Å². The maximum atomic E-state index is 10.1. The van der Waals surface area contributed by atoms with E-state index in [2.05, 4.69) is 29.7 Å². The first-order valence-corrected chi connectivity index (χ1v) is 5.52. The summed E-state index contributed by atoms with van der Waals surface area (Å²) in [6, 6.07) is 7.78. The molecule has 0 saturated carbocycles. The van der Waals surface area contributed by atoms with Crippen molar-refractivity contribution in [2.45, 2.75) is 13.3 Å². The summed E-state index contributed by atoms with van der Waals surface area (Å²) < 4.78 is 0. The van der Waals surface area contributed by atoms with Crippen LogP contribution in [0.2, 0.25) is 0 Å². The summed E-state index contributed by atoms with van der Waals surface area (Å²) in [5, 5.41) is 5.76. The van der Waals surface area contributed by atoms with Crippen LogP contribution in [0, 0.1) is 0 Å². The third kappa shape index (κ3) is 4.28. The maximum Gasteiger partial charge on any atom is 0.211 e. The summed E-state index contributed by atoms with van der Waals surface area (Å²) >= 11 is 0. The van der Waals surface area contributed by atoms with Crippen LogP contribution in [0.1, 0.15) is 12.5 Å². The molecule has 0 atom stereocenters. The Morgan fingerprint density at radius 3 is 2.50 bits per heavy atom. The summed E-state index contributed by atoms with van der Waals surface area (Å²) in [5.41, 5.74) is 2.07. The predicted octanol–water partition coefficient (Wildman–Crippen LogP) is 1.96. The van der Waals surface area contributed by atoms with E-state index in [1.165, 1.54) is 5.56 Å². The molecule has 1 aromatic carbocycles. The van der Waals surface area contributed by atoms with E-state index in [0.717, 1.165) is 25.2 Å². The predicted molar refractivity (Wildman–Crippen MR) is 67.5 cm³/mol. The number of benzene rings is 1. The van der Waals surface area contributed by atoms with E-state index < -0.39 is 0 Å². The third-order valence-electron chi connectivity index (χ3n) is 2.30. The summed E-state index contributed by atoms with van der Waals surface area (Å²) in [6.07, 6.45) is 5.89. The Morgan fingerprint density at radius 2 is 2.00 bits per heavy atom. The van der Waals surface area contributed by atoms with Gasteiger partial charge in [0.15, 0.2) is 0 Å². The first kappa shape index (κ1) is 12.5. The van der Waals surface area contributed by atoms with Crippen LogP contribution in [0.3, 0.4) is 0 Å². The van der Waals surface area contributed by atoms with Gasteiger partial charge in [0.1, 0.15) is 0 Å². The highest BCUT2D eigenvalue weighted by atomic mass is 16.1. The van der Waals surface area contributed by atoms with E-state index in [1.807, 2.05) is 24.3 Å². The fourth-order valence-corrected chi connectivity index (χ4v) is 1.45. The molecule has 2 rings (SSSR count). The van der Waals surface area contributed by atoms with Gasteiger partial charge in [-0.15, -0.1) is 0 Å². The van der Waals surface area contributed by atoms with Gasteiger partial charge in [0.25, 0.3) is 0 Å². The van der Waals surface area contributed by atoms with E-state index in [9.17, 15) is 4.79 Å². The van der Waals surface area contributed by atoms with Gasteiger partial charge < -0.3 is 10.6 Å². The molecule has 0 aliphatic carbocycles. The van der Waals surface area contributed by atoms with Crippen LogP contribution in [-0.2, 0) is 11.2 Å². The molecular formula is C13H18N2O. The summed E-state index contributed by atoms with van der Waals surface area (Å²) in [6.45, 7) is 4.20. The average Bonchev–Trinajstić information content (AvgIpc) is 2.89. The second-order valence-corrected chi connectivity index (χ2v) is 3.40. The minimum Gasteiger partial charge on any atom is -0.328 e. The molecule has 3 heteroatoms. The number of anilines is 1. The Kier molecular flexibility index (Phi) is 5.96. The molecule has 2 N–H and O–H groups in total. The fourth-order valence-electron chi connectivity index (χ4n) is 1.45. The molecular weight excluding hydrogens is 200 g/mol. The van der Waals surface area contributed by atoms with Crippen LogP contribution in [0.5, 0.6) is 0 Å². The van der Waals surface area contributed by atoms with Gasteiger partial charge in [-0.1, -0.05) is 37.3 Å². The average molecular weight is 218 g/mol. The topological polar surface area (TPSA) is 41.1 Å². The number of hydrogen-bond acceptors (Lipinski definition) is 2. The lowest BCUT2D eigenvalue weighted by molar-refractivity contribution is -0.105. The molecule has 3 nitrogen and oxygen atoms in total. The molecule has 1 aliphatic rings. The smallest absolute Gasteiger partial charge is 0.211 e. The number of para-hydroxylation sites is 1. The van der Waals surface area contributed by atoms with Crippen molar-refractivity contribution < 1.29 is 4.79 Å². The van der Waals surface area contributed by atoms with Crippen LogP contribution in [-0.4, -0.2) is 19.5 Å². The summed E-state index contributed by atoms with van der Waals surface area (Å²) in [7, 11) is 0. The van der Waals surface area contributed by atoms with Crippen LogP contribution < -0.4 is 10.6 Å². The molecule has 0 aromatic heterocycles. The quantitative estimate of drug-likeness (QED) is 0.601. The number of rotatable bonds is 3. The number of carbonyl (C=O) groups excluding carboxylic acids is 1. The van der Waals surface area contributed by atoms with Crippen LogP contribution >= 0.6 is 0 Å². The third-order valence-corrected chi connectivity index (χ3v) is 2.30. The number of nitrogens with one attached hydrogen (secondary N) is 2. The van der Waals surface area contributed by atoms with Gasteiger partial charge in [0.2, 0.25) is 6.41 Å². The molecule has 0 radical (unpaired) electrons. The van der Waals surface area contributed by atoms with Gasteiger partial charge >= 0.3 is 0 Å². The van der Waals surface area contributed by atoms with Crippen LogP contribution in [0.4, 0.5) is 5.69 Å². The zero-order valence-corrected chi connectivity index (χ0v) is 9.57. The Hall–Kier alpha value is -1.61. The molecule has 1 aromatic rings. The highest BCUT2D eigenvalue weighted by Crippen LogP contribution is 2.13. The zero-order chi connectivity index (χ0) is 11.6. The molecule has 0 bridgehead atoms. The standard InChI is InChI=1S/C9H11NO.C4H7N/c1-2-8-5-3-4-6-9(8)10-7-11;1-2-4-5-3-1/h3-7H,2H2,1H3,(H,10,11);1-2,5H,3-4H2. The number of carbonyl (C=O) groups is 1. The van der Waals surface area contributed by atoms with Crippen molar-refractivity contribution in [1.82, 2.24) is 5.32 Å². The van der Waals surface area contributed by atoms with Crippen molar-refractivity contribution in [3.63, 3.8) is 0 Å². The van der Waals surface area contributed by atoms with Crippen molar-refractivity contribution in [2.75, 3.05) is 18.4 Å². The Morgan fingerprint density at radius 1 is 1.31 bits per heavy atom. The molecule has 0 unspecified atom stereocenters. The van der Waals surface area contributed by atoms with Crippen molar-refractivity contribution >= 4 is 12.1 Å². The molecule has 16 heavy (non-hydrogen) atoms. The normalized spacial score (nSPS) is 12.8. The van der Waals surface area contributed by atoms with E-state index in [4.69, 9.17) is 0 Å². The fraction of sp³-hybridized carbons (Fsp3) is 0.308. The van der Waals surface area contributed by atoms with E-state index >= 15 is 0 Å². The number of aryl methyl sites for hydroxylation is 1. The minimum absolute atomic E-state index is 0.703. The van der Waals surface area contributed by atoms with Crippen molar-refractivity contribution in [2.24, 2.45) is 0 Å². The van der Waals surface area contributed by atoms with E-state index in [0.29, 0.717) is 6.41 Å². The van der Waals surface area contributed by atoms with Gasteiger partial charge in [0, 0.05) is 18.8 Å². The molecule has 0 fully saturated rings. The van der Waals surface area contributed by atoms with E-state index in [1.54, 1.807) is 0 Å². The van der Waals surface area contributed by atoms with Gasteiger partial charge in [0.05, 0.1) is 0 Å². The van der Waals surface area contributed by atoms with Crippen LogP contribution in [0.25, 0.3) is 0 Å². The molecule has 1 aliphatic heterocycles. The lowest BCUT2D eigenvalue weighted by Crippen LogP contribution is -2.04. The molecule has 0 saturated heterocycles. The lowest BCUT2D eigenvalue weighted by atomic mass is 10.1. The van der Waals surface area contributed by atoms with Gasteiger partial charge in [-0.2, -0.15) is 0 Å². The number of hydrogen-bond donors (Lipinski definition) is 2. The zero-order valence-electron chi connectivity index (χ0n) is 9.57.